The average Bonchev–Trinajstić information content (AvgIpc) is 3.76. The van der Waals surface area contributed by atoms with E-state index in [4.69, 9.17) is 13.9 Å². The molecule has 10 heteroatoms. The molecule has 2 heterocycles. The van der Waals surface area contributed by atoms with Crippen LogP contribution in [0.3, 0.4) is 0 Å². The molecule has 0 bridgehead atoms. The van der Waals surface area contributed by atoms with Crippen molar-refractivity contribution in [3.05, 3.63) is 59.1 Å². The van der Waals surface area contributed by atoms with Gasteiger partial charge in [0.1, 0.15) is 23.8 Å². The molecule has 0 radical (unpaired) electrons. The van der Waals surface area contributed by atoms with Crippen molar-refractivity contribution >= 4 is 28.7 Å². The molecular weight excluding hydrogens is 541 g/mol. The number of amides is 3. The lowest BCUT2D eigenvalue weighted by molar-refractivity contribution is -0.133. The molecule has 0 saturated heterocycles. The topological polar surface area (TPSA) is 110 Å². The summed E-state index contributed by atoms with van der Waals surface area (Å²) in [5.41, 5.74) is -0.297. The summed E-state index contributed by atoms with van der Waals surface area (Å²) in [4.78, 5) is 42.3. The average molecular weight is 580 g/mol. The second-order valence-corrected chi connectivity index (χ2v) is 11.8. The van der Waals surface area contributed by atoms with Crippen LogP contribution in [0.15, 0.2) is 40.8 Å². The summed E-state index contributed by atoms with van der Waals surface area (Å²) in [6.07, 6.45) is 3.51. The molecule has 1 aliphatic carbocycles. The molecule has 2 aromatic carbocycles. The number of carbonyl (C=O) groups excluding carboxylic acids is 3. The summed E-state index contributed by atoms with van der Waals surface area (Å²) in [5.74, 6) is -0.662. The van der Waals surface area contributed by atoms with E-state index in [9.17, 15) is 18.8 Å². The molecule has 5 rings (SSSR count). The fourth-order valence-electron chi connectivity index (χ4n) is 5.17. The maximum absolute atomic E-state index is 14.0. The van der Waals surface area contributed by atoms with E-state index >= 15 is 0 Å². The monoisotopic (exact) mass is 579 g/mol. The Bertz CT molecular complexity index is 1530. The van der Waals surface area contributed by atoms with E-state index in [0.29, 0.717) is 34.4 Å². The van der Waals surface area contributed by atoms with Crippen LogP contribution in [-0.4, -0.2) is 54.0 Å². The second-order valence-electron chi connectivity index (χ2n) is 11.8. The lowest BCUT2D eigenvalue weighted by Crippen LogP contribution is -2.61. The van der Waals surface area contributed by atoms with Crippen molar-refractivity contribution < 1.29 is 32.7 Å². The van der Waals surface area contributed by atoms with Gasteiger partial charge in [-0.25, -0.2) is 4.39 Å². The van der Waals surface area contributed by atoms with Gasteiger partial charge in [-0.15, -0.1) is 0 Å². The van der Waals surface area contributed by atoms with Gasteiger partial charge in [-0.1, -0.05) is 19.9 Å². The number of rotatable bonds is 10. The van der Waals surface area contributed by atoms with Crippen molar-refractivity contribution in [3.8, 4) is 11.5 Å². The van der Waals surface area contributed by atoms with E-state index in [1.54, 1.807) is 31.2 Å². The maximum Gasteiger partial charge on any atom is 0.294 e. The zero-order valence-corrected chi connectivity index (χ0v) is 24.8. The first kappa shape index (κ1) is 29.4. The third-order valence-electron chi connectivity index (χ3n) is 8.73. The highest BCUT2D eigenvalue weighted by Gasteiger charge is 2.49. The van der Waals surface area contributed by atoms with Crippen LogP contribution in [0.5, 0.6) is 11.5 Å². The van der Waals surface area contributed by atoms with Gasteiger partial charge < -0.3 is 29.4 Å². The van der Waals surface area contributed by atoms with Gasteiger partial charge >= 0.3 is 0 Å². The van der Waals surface area contributed by atoms with Crippen molar-refractivity contribution in [1.82, 2.24) is 15.5 Å². The number of methoxy groups -OCH3 is 1. The van der Waals surface area contributed by atoms with Crippen LogP contribution in [-0.2, 0) is 11.3 Å². The summed E-state index contributed by atoms with van der Waals surface area (Å²) in [5, 5.41) is 6.53. The van der Waals surface area contributed by atoms with Gasteiger partial charge in [0.25, 0.3) is 11.8 Å². The highest BCUT2D eigenvalue weighted by Crippen LogP contribution is 2.41. The molecule has 1 atom stereocenters. The van der Waals surface area contributed by atoms with Gasteiger partial charge in [0.2, 0.25) is 11.7 Å². The van der Waals surface area contributed by atoms with Crippen LogP contribution in [0.2, 0.25) is 0 Å². The molecule has 3 aromatic rings. The molecular formula is C32H38FN3O6. The van der Waals surface area contributed by atoms with Gasteiger partial charge in [-0.2, -0.15) is 0 Å². The predicted octanol–water partition coefficient (Wildman–Crippen LogP) is 5.21. The molecule has 0 spiro atoms. The second kappa shape index (κ2) is 11.3. The van der Waals surface area contributed by atoms with E-state index in [1.165, 1.54) is 24.1 Å². The first-order valence-electron chi connectivity index (χ1n) is 14.5. The zero-order valence-electron chi connectivity index (χ0n) is 24.8. The highest BCUT2D eigenvalue weighted by atomic mass is 19.1. The van der Waals surface area contributed by atoms with Gasteiger partial charge in [0.15, 0.2) is 11.3 Å². The van der Waals surface area contributed by atoms with Crippen molar-refractivity contribution in [3.63, 3.8) is 0 Å². The SMILES string of the molecule is CCC(C)(CC)NC(=O)c1ccc2c3c(oc2c1)C(=O)N(CC1CC1)C(C)(C(=O)NCc1ccc(F)cc1OC)CO3. The first-order chi connectivity index (χ1) is 20.0. The molecule has 3 amide bonds. The number of carbonyl (C=O) groups is 3. The molecule has 42 heavy (non-hydrogen) atoms. The number of hydrogen-bond donors (Lipinski definition) is 2. The van der Waals surface area contributed by atoms with Crippen LogP contribution in [0.1, 0.15) is 79.9 Å². The molecule has 1 aromatic heterocycles. The lowest BCUT2D eigenvalue weighted by Gasteiger charge is -2.37. The summed E-state index contributed by atoms with van der Waals surface area (Å²) in [6.45, 7) is 8.09. The van der Waals surface area contributed by atoms with Crippen LogP contribution in [0, 0.1) is 11.7 Å². The minimum absolute atomic E-state index is 0.00638. The van der Waals surface area contributed by atoms with Crippen LogP contribution in [0.4, 0.5) is 4.39 Å². The number of benzene rings is 2. The summed E-state index contributed by atoms with van der Waals surface area (Å²) < 4.78 is 31.2. The van der Waals surface area contributed by atoms with Gasteiger partial charge in [0.05, 0.1) is 12.5 Å². The quantitative estimate of drug-likeness (QED) is 0.341. The fraction of sp³-hybridized carbons (Fsp3) is 0.469. The standard InChI is InChI=1S/C32H38FN3O6/c1-6-31(3,7-2)35-28(37)20-11-13-23-25(14-20)42-27-26(23)41-18-32(4,36(29(27)38)17-19-8-9-19)30(39)34-16-21-10-12-22(33)15-24(21)40-5/h10-15,19H,6-9,16-18H2,1-5H3,(H,34,39)(H,35,37). The van der Waals surface area contributed by atoms with E-state index < -0.39 is 23.2 Å². The van der Waals surface area contributed by atoms with Gasteiger partial charge in [0, 0.05) is 35.8 Å². The van der Waals surface area contributed by atoms with Crippen LogP contribution < -0.4 is 20.1 Å². The number of nitrogens with one attached hydrogen (secondary N) is 2. The molecule has 1 aliphatic heterocycles. The van der Waals surface area contributed by atoms with Crippen molar-refractivity contribution in [1.29, 1.82) is 0 Å². The number of halogens is 1. The molecule has 2 N–H and O–H groups in total. The molecule has 224 valence electrons. The molecule has 1 saturated carbocycles. The Hall–Kier alpha value is -4.08. The third kappa shape index (κ3) is 5.54. The Morgan fingerprint density at radius 2 is 1.90 bits per heavy atom. The highest BCUT2D eigenvalue weighted by molar-refractivity contribution is 6.06. The Labute approximate surface area is 244 Å². The summed E-state index contributed by atoms with van der Waals surface area (Å²) in [7, 11) is 1.43. The van der Waals surface area contributed by atoms with Crippen molar-refractivity contribution in [2.75, 3.05) is 20.3 Å². The van der Waals surface area contributed by atoms with Crippen LogP contribution in [0.25, 0.3) is 11.0 Å². The van der Waals surface area contributed by atoms with Gasteiger partial charge in [-0.3, -0.25) is 14.4 Å². The normalized spacial score (nSPS) is 18.7. The van der Waals surface area contributed by atoms with E-state index in [0.717, 1.165) is 25.7 Å². The largest absolute Gasteiger partial charge is 0.496 e. The number of hydrogen-bond acceptors (Lipinski definition) is 6. The Balaban J connectivity index is 1.42. The Morgan fingerprint density at radius 3 is 2.57 bits per heavy atom. The number of nitrogens with zero attached hydrogens (tertiary/aromatic N) is 1. The number of furan rings is 1. The smallest absolute Gasteiger partial charge is 0.294 e. The minimum Gasteiger partial charge on any atom is -0.496 e. The van der Waals surface area contributed by atoms with Gasteiger partial charge in [-0.05, 0) is 69.7 Å². The first-order valence-corrected chi connectivity index (χ1v) is 14.5. The maximum atomic E-state index is 14.0. The third-order valence-corrected chi connectivity index (χ3v) is 8.73. The lowest BCUT2D eigenvalue weighted by atomic mass is 9.95. The van der Waals surface area contributed by atoms with E-state index in [2.05, 4.69) is 10.6 Å². The van der Waals surface area contributed by atoms with Crippen molar-refractivity contribution in [2.24, 2.45) is 5.92 Å². The minimum atomic E-state index is -1.34. The summed E-state index contributed by atoms with van der Waals surface area (Å²) >= 11 is 0. The van der Waals surface area contributed by atoms with E-state index in [-0.39, 0.29) is 42.0 Å². The Kier molecular flexibility index (Phi) is 7.92. The molecule has 9 nitrogen and oxygen atoms in total. The predicted molar refractivity (Wildman–Crippen MR) is 155 cm³/mol. The fourth-order valence-corrected chi connectivity index (χ4v) is 5.17. The zero-order chi connectivity index (χ0) is 30.2. The number of fused-ring (bicyclic) bond motifs is 3. The van der Waals surface area contributed by atoms with Crippen molar-refractivity contribution in [2.45, 2.75) is 71.0 Å². The van der Waals surface area contributed by atoms with Crippen LogP contribution >= 0.6 is 0 Å². The molecule has 2 aliphatic rings. The summed E-state index contributed by atoms with van der Waals surface area (Å²) in [6, 6.07) is 9.12. The molecule has 1 unspecified atom stereocenters. The van der Waals surface area contributed by atoms with E-state index in [1.807, 2.05) is 20.8 Å². The Morgan fingerprint density at radius 1 is 1.17 bits per heavy atom. The molecule has 1 fully saturated rings. The number of ether oxygens (including phenoxy) is 2.